The quantitative estimate of drug-likeness (QED) is 0.236. The molecule has 1 aliphatic heterocycles. The van der Waals surface area contributed by atoms with Crippen LogP contribution in [0.4, 0.5) is 0 Å². The van der Waals surface area contributed by atoms with E-state index in [-0.39, 0.29) is 6.54 Å². The topological polar surface area (TPSA) is 121 Å². The zero-order chi connectivity index (χ0) is 10.7. The summed E-state index contributed by atoms with van der Waals surface area (Å²) in [6.45, 7) is -0.432. The fourth-order valence-electron chi connectivity index (χ4n) is 1.25. The lowest BCUT2D eigenvalue weighted by molar-refractivity contribution is -0.0479. The number of rotatable bonds is 2. The number of piperidine rings is 1. The maximum atomic E-state index is 9.45. The Labute approximate surface area is 76.1 Å². The Kier molecular flexibility index (Phi) is 2.96. The summed E-state index contributed by atoms with van der Waals surface area (Å²) >= 11 is 0. The summed E-state index contributed by atoms with van der Waals surface area (Å²) in [5, 5.41) is 31.9. The van der Waals surface area contributed by atoms with Gasteiger partial charge in [-0.2, -0.15) is 0 Å². The summed E-state index contributed by atoms with van der Waals surface area (Å²) in [4.78, 5) is 2.51. The second-order valence-electron chi connectivity index (χ2n) is 2.87. The zero-order valence-corrected chi connectivity index (χ0v) is 6.85. The van der Waals surface area contributed by atoms with Gasteiger partial charge in [-0.3, -0.25) is 0 Å². The molecular weight excluding hydrogens is 176 g/mol. The van der Waals surface area contributed by atoms with Crippen LogP contribution >= 0.6 is 0 Å². The maximum absolute atomic E-state index is 9.45. The van der Waals surface area contributed by atoms with Crippen molar-refractivity contribution in [2.24, 2.45) is 5.11 Å². The third kappa shape index (κ3) is 2.09. The molecule has 4 N–H and O–H groups in total. The van der Waals surface area contributed by atoms with Gasteiger partial charge in [-0.1, -0.05) is 5.11 Å². The summed E-state index contributed by atoms with van der Waals surface area (Å²) in [6, 6.07) is -1.69. The first kappa shape index (κ1) is 8.74. The monoisotopic (exact) mass is 189 g/mol. The molecule has 7 heteroatoms. The Bertz CT molecular complexity index is 247. The second-order valence-corrected chi connectivity index (χ2v) is 2.87. The van der Waals surface area contributed by atoms with E-state index in [1.165, 1.54) is 0 Å². The van der Waals surface area contributed by atoms with Crippen LogP contribution in [0.2, 0.25) is 1.41 Å². The van der Waals surface area contributed by atoms with Crippen molar-refractivity contribution in [3.8, 4) is 0 Å². The fraction of sp³-hybridized carbons (Fsp3) is 1.00. The van der Waals surface area contributed by atoms with Crippen LogP contribution in [0.1, 0.15) is 0 Å². The summed E-state index contributed by atoms with van der Waals surface area (Å²) in [5.74, 6) is 0. The van der Waals surface area contributed by atoms with E-state index in [2.05, 4.69) is 10.0 Å². The fourth-order valence-corrected chi connectivity index (χ4v) is 1.25. The normalized spacial score (nSPS) is 42.2. The molecule has 0 unspecified atom stereocenters. The van der Waals surface area contributed by atoms with Gasteiger partial charge in [0.15, 0.2) is 0 Å². The Balaban J connectivity index is 2.77. The van der Waals surface area contributed by atoms with E-state index in [1.54, 1.807) is 0 Å². The molecule has 0 aromatic carbocycles. The van der Waals surface area contributed by atoms with Crippen molar-refractivity contribution < 1.29 is 16.7 Å². The molecule has 1 aliphatic rings. The van der Waals surface area contributed by atoms with Gasteiger partial charge >= 0.3 is 0 Å². The highest BCUT2D eigenvalue weighted by Crippen LogP contribution is 2.13. The van der Waals surface area contributed by atoms with E-state index < -0.39 is 30.9 Å². The Hall–Kier alpha value is -0.850. The number of nitrogens with zero attached hydrogens (tertiary/aromatic N) is 3. The third-order valence-corrected chi connectivity index (χ3v) is 2.05. The standard InChI is InChI=1S/C6H12N4O3/c7-10-9-3-1-8-4(2-11)6(13)5(3)12/h3-6,8,11-13H,1-2H2/t3-,4+,5+,6+/m0/s1/i/hD. The van der Waals surface area contributed by atoms with E-state index in [4.69, 9.17) is 12.0 Å². The van der Waals surface area contributed by atoms with Crippen molar-refractivity contribution >= 4 is 0 Å². The molecule has 0 saturated carbocycles. The molecule has 74 valence electrons. The molecule has 0 amide bonds. The van der Waals surface area contributed by atoms with Crippen molar-refractivity contribution in [3.63, 3.8) is 0 Å². The highest BCUT2D eigenvalue weighted by Gasteiger charge is 2.36. The smallest absolute Gasteiger partial charge is 0.123 e. The van der Waals surface area contributed by atoms with Crippen LogP contribution in [-0.4, -0.2) is 52.8 Å². The van der Waals surface area contributed by atoms with Crippen LogP contribution in [-0.2, 0) is 0 Å². The van der Waals surface area contributed by atoms with E-state index in [0.29, 0.717) is 0 Å². The number of aliphatic hydroxyl groups is 3. The third-order valence-electron chi connectivity index (χ3n) is 2.05. The van der Waals surface area contributed by atoms with Gasteiger partial charge < -0.3 is 20.6 Å². The molecule has 0 bridgehead atoms. The molecule has 0 aliphatic carbocycles. The summed E-state index contributed by atoms with van der Waals surface area (Å²) in [7, 11) is 0. The lowest BCUT2D eigenvalue weighted by Gasteiger charge is -2.35. The van der Waals surface area contributed by atoms with Gasteiger partial charge in [-0.15, -0.1) is 0 Å². The maximum Gasteiger partial charge on any atom is 0.123 e. The molecule has 0 aromatic rings. The van der Waals surface area contributed by atoms with Crippen molar-refractivity contribution in [1.29, 1.82) is 0 Å². The number of hydrogen-bond acceptors (Lipinski definition) is 5. The minimum atomic E-state index is -1.28. The molecule has 1 rings (SSSR count). The predicted octanol–water partition coefficient (Wildman–Crippen LogP) is -1.65. The summed E-state index contributed by atoms with van der Waals surface area (Å²) in [5.41, 5.74) is 8.17. The average molecular weight is 189 g/mol. The number of nitrogens with one attached hydrogen (secondary N) is 1. The molecule has 13 heavy (non-hydrogen) atoms. The average Bonchev–Trinajstić information content (AvgIpc) is 2.15. The van der Waals surface area contributed by atoms with Crippen molar-refractivity contribution in [1.82, 2.24) is 5.31 Å². The van der Waals surface area contributed by atoms with E-state index in [1.807, 2.05) is 0 Å². The summed E-state index contributed by atoms with van der Waals surface area (Å²) in [6.07, 6.45) is -2.51. The van der Waals surface area contributed by atoms with Crippen LogP contribution < -0.4 is 5.31 Å². The number of azide groups is 1. The van der Waals surface area contributed by atoms with E-state index >= 15 is 0 Å². The van der Waals surface area contributed by atoms with Gasteiger partial charge in [-0.25, -0.2) is 0 Å². The van der Waals surface area contributed by atoms with Gasteiger partial charge in [0.2, 0.25) is 0 Å². The molecule has 0 spiro atoms. The first-order chi connectivity index (χ1) is 6.61. The Morgan fingerprint density at radius 2 is 2.31 bits per heavy atom. The molecule has 4 atom stereocenters. The van der Waals surface area contributed by atoms with Crippen LogP contribution in [0.3, 0.4) is 0 Å². The first-order valence-electron chi connectivity index (χ1n) is 4.33. The van der Waals surface area contributed by atoms with Gasteiger partial charge in [0.1, 0.15) is 1.41 Å². The number of aliphatic hydroxyl groups excluding tert-OH is 3. The minimum absolute atomic E-state index is 0.00644. The largest absolute Gasteiger partial charge is 0.395 e. The molecule has 0 radical (unpaired) electrons. The van der Waals surface area contributed by atoms with Crippen LogP contribution in [0.15, 0.2) is 5.11 Å². The van der Waals surface area contributed by atoms with E-state index in [9.17, 15) is 10.2 Å². The van der Waals surface area contributed by atoms with Crippen molar-refractivity contribution in [2.75, 3.05) is 13.2 Å². The SMILES string of the molecule is [2H]N1C[C@H](N=[N+]=[N-])[C@@H](O)[C@H](O)[C@H]1CO. The summed E-state index contributed by atoms with van der Waals surface area (Å²) < 4.78 is 7.38. The minimum Gasteiger partial charge on any atom is -0.395 e. The van der Waals surface area contributed by atoms with E-state index in [0.717, 1.165) is 5.31 Å². The lowest BCUT2D eigenvalue weighted by Crippen LogP contribution is -2.60. The van der Waals surface area contributed by atoms with Crippen molar-refractivity contribution in [2.45, 2.75) is 24.3 Å². The molecule has 1 saturated heterocycles. The second kappa shape index (κ2) is 4.40. The zero-order valence-electron chi connectivity index (χ0n) is 7.85. The Morgan fingerprint density at radius 3 is 2.85 bits per heavy atom. The predicted molar refractivity (Wildman–Crippen MR) is 43.8 cm³/mol. The molecule has 7 nitrogen and oxygen atoms in total. The van der Waals surface area contributed by atoms with Gasteiger partial charge in [0, 0.05) is 11.5 Å². The van der Waals surface area contributed by atoms with Gasteiger partial charge in [0.25, 0.3) is 0 Å². The van der Waals surface area contributed by atoms with Crippen LogP contribution in [0.5, 0.6) is 0 Å². The molecule has 1 fully saturated rings. The van der Waals surface area contributed by atoms with Crippen LogP contribution in [0.25, 0.3) is 10.4 Å². The lowest BCUT2D eigenvalue weighted by atomic mass is 9.95. The molecule has 1 heterocycles. The number of hydrogen-bond donors (Lipinski definition) is 4. The first-order valence-corrected chi connectivity index (χ1v) is 3.88. The molecular formula is C6H12N4O3. The van der Waals surface area contributed by atoms with Crippen molar-refractivity contribution in [3.05, 3.63) is 10.4 Å². The van der Waals surface area contributed by atoms with Gasteiger partial charge in [-0.05, 0) is 5.53 Å². The van der Waals surface area contributed by atoms with Crippen LogP contribution in [0, 0.1) is 0 Å². The highest BCUT2D eigenvalue weighted by atomic mass is 16.3. The van der Waals surface area contributed by atoms with Gasteiger partial charge in [0.05, 0.1) is 30.9 Å². The molecule has 0 aromatic heterocycles. The Morgan fingerprint density at radius 1 is 1.62 bits per heavy atom. The highest BCUT2D eigenvalue weighted by molar-refractivity contribution is 4.95.